The number of aromatic nitrogens is 3. The van der Waals surface area contributed by atoms with Crippen LogP contribution in [0.5, 0.6) is 11.5 Å². The van der Waals surface area contributed by atoms with Crippen molar-refractivity contribution >= 4 is 35.4 Å². The molecule has 0 aliphatic rings. The summed E-state index contributed by atoms with van der Waals surface area (Å²) >= 11 is 4.71. The molecule has 0 aliphatic heterocycles. The number of nitrogens with one attached hydrogen (secondary N) is 1. The zero-order chi connectivity index (χ0) is 19.6. The Morgan fingerprint density at radius 1 is 1.19 bits per heavy atom. The fraction of sp³-hybridized carbons (Fsp3) is 0.176. The highest BCUT2D eigenvalue weighted by Crippen LogP contribution is 2.39. The SMILES string of the molecule is CNc1c(C=NC=S)cc(-c2c(F)c(OC)cc(OC)c2F)c2ncnn12. The van der Waals surface area contributed by atoms with Crippen LogP contribution in [-0.2, 0) is 0 Å². The van der Waals surface area contributed by atoms with E-state index in [9.17, 15) is 8.78 Å². The normalized spacial score (nSPS) is 11.1. The van der Waals surface area contributed by atoms with Crippen LogP contribution in [0.15, 0.2) is 23.5 Å². The molecule has 2 heterocycles. The van der Waals surface area contributed by atoms with Crippen molar-refractivity contribution in [1.29, 1.82) is 0 Å². The number of rotatable bonds is 6. The molecule has 3 rings (SSSR count). The highest BCUT2D eigenvalue weighted by Gasteiger charge is 2.25. The maximum absolute atomic E-state index is 15.0. The van der Waals surface area contributed by atoms with Crippen molar-refractivity contribution in [3.05, 3.63) is 35.7 Å². The number of benzene rings is 1. The molecule has 0 bridgehead atoms. The molecule has 7 nitrogen and oxygen atoms in total. The molecule has 0 atom stereocenters. The molecule has 0 radical (unpaired) electrons. The van der Waals surface area contributed by atoms with Gasteiger partial charge in [0.2, 0.25) is 0 Å². The van der Waals surface area contributed by atoms with Crippen molar-refractivity contribution in [2.75, 3.05) is 26.6 Å². The molecule has 0 aliphatic carbocycles. The van der Waals surface area contributed by atoms with Crippen LogP contribution in [0.1, 0.15) is 5.56 Å². The van der Waals surface area contributed by atoms with Crippen LogP contribution in [0.25, 0.3) is 16.8 Å². The summed E-state index contributed by atoms with van der Waals surface area (Å²) in [6.45, 7) is 0. The predicted molar refractivity (Wildman–Crippen MR) is 102 cm³/mol. The zero-order valence-corrected chi connectivity index (χ0v) is 15.5. The second kappa shape index (κ2) is 7.62. The largest absolute Gasteiger partial charge is 0.494 e. The van der Waals surface area contributed by atoms with Crippen molar-refractivity contribution in [2.24, 2.45) is 4.99 Å². The molecule has 2 aromatic heterocycles. The topological polar surface area (TPSA) is 73.0 Å². The quantitative estimate of drug-likeness (QED) is 0.514. The number of halogens is 2. The lowest BCUT2D eigenvalue weighted by atomic mass is 10.0. The number of aliphatic imine (C=N–C) groups is 1. The highest BCUT2D eigenvalue weighted by molar-refractivity contribution is 7.78. The molecule has 0 saturated carbocycles. The molecule has 27 heavy (non-hydrogen) atoms. The summed E-state index contributed by atoms with van der Waals surface area (Å²) < 4.78 is 41.4. The van der Waals surface area contributed by atoms with Crippen molar-refractivity contribution in [1.82, 2.24) is 14.6 Å². The minimum absolute atomic E-state index is 0.157. The van der Waals surface area contributed by atoms with Crippen molar-refractivity contribution in [2.45, 2.75) is 0 Å². The Bertz CT molecular complexity index is 1020. The Morgan fingerprint density at radius 3 is 2.41 bits per heavy atom. The van der Waals surface area contributed by atoms with E-state index < -0.39 is 11.6 Å². The Labute approximate surface area is 158 Å². The minimum Gasteiger partial charge on any atom is -0.494 e. The first-order chi connectivity index (χ1) is 13.1. The molecule has 0 amide bonds. The van der Waals surface area contributed by atoms with E-state index in [2.05, 4.69) is 20.4 Å². The number of hydrogen-bond donors (Lipinski definition) is 1. The number of ether oxygens (including phenoxy) is 2. The molecule has 1 aromatic carbocycles. The minimum atomic E-state index is -0.879. The summed E-state index contributed by atoms with van der Waals surface area (Å²) in [4.78, 5) is 8.06. The average Bonchev–Trinajstić information content (AvgIpc) is 3.16. The van der Waals surface area contributed by atoms with E-state index >= 15 is 0 Å². The van der Waals surface area contributed by atoms with Gasteiger partial charge in [-0.25, -0.2) is 13.8 Å². The van der Waals surface area contributed by atoms with Crippen LogP contribution in [-0.4, -0.2) is 47.6 Å². The number of pyridine rings is 1. The molecule has 0 spiro atoms. The van der Waals surface area contributed by atoms with Crippen LogP contribution in [0.2, 0.25) is 0 Å². The number of thiocarbonyl (C=S) groups is 1. The number of fused-ring (bicyclic) bond motifs is 1. The molecule has 10 heteroatoms. The van der Waals surface area contributed by atoms with Gasteiger partial charge in [0, 0.05) is 30.5 Å². The van der Waals surface area contributed by atoms with Gasteiger partial charge in [0.1, 0.15) is 12.1 Å². The molecule has 1 N–H and O–H groups in total. The summed E-state index contributed by atoms with van der Waals surface area (Å²) in [5.41, 5.74) is 1.74. The van der Waals surface area contributed by atoms with Gasteiger partial charge in [-0.3, -0.25) is 4.99 Å². The first-order valence-corrected chi connectivity index (χ1v) is 8.16. The number of anilines is 1. The van der Waals surface area contributed by atoms with Gasteiger partial charge in [0.15, 0.2) is 28.8 Å². The lowest BCUT2D eigenvalue weighted by Crippen LogP contribution is -2.07. The Morgan fingerprint density at radius 2 is 1.85 bits per heavy atom. The van der Waals surface area contributed by atoms with E-state index in [0.717, 1.165) is 6.07 Å². The van der Waals surface area contributed by atoms with Crippen molar-refractivity contribution in [3.63, 3.8) is 0 Å². The molecule has 0 unspecified atom stereocenters. The van der Waals surface area contributed by atoms with E-state index in [0.29, 0.717) is 11.4 Å². The second-order valence-electron chi connectivity index (χ2n) is 5.28. The molecular weight excluding hydrogens is 376 g/mol. The maximum Gasteiger partial charge on any atom is 0.176 e. The summed E-state index contributed by atoms with van der Waals surface area (Å²) in [6, 6.07) is 2.68. The van der Waals surface area contributed by atoms with Gasteiger partial charge < -0.3 is 14.8 Å². The maximum atomic E-state index is 15.0. The second-order valence-corrected chi connectivity index (χ2v) is 5.49. The zero-order valence-electron chi connectivity index (χ0n) is 14.7. The first kappa shape index (κ1) is 18.6. The average molecular weight is 391 g/mol. The first-order valence-electron chi connectivity index (χ1n) is 7.69. The van der Waals surface area contributed by atoms with E-state index in [-0.39, 0.29) is 28.3 Å². The molecule has 3 aromatic rings. The van der Waals surface area contributed by atoms with Gasteiger partial charge in [-0.1, -0.05) is 12.2 Å². The molecular formula is C17H15F2N5O2S. The van der Waals surface area contributed by atoms with Crippen molar-refractivity contribution in [3.8, 4) is 22.6 Å². The van der Waals surface area contributed by atoms with Gasteiger partial charge in [-0.2, -0.15) is 9.61 Å². The van der Waals surface area contributed by atoms with E-state index in [1.54, 1.807) is 13.1 Å². The van der Waals surface area contributed by atoms with Gasteiger partial charge in [0.25, 0.3) is 0 Å². The van der Waals surface area contributed by atoms with E-state index in [4.69, 9.17) is 21.7 Å². The van der Waals surface area contributed by atoms with Gasteiger partial charge >= 0.3 is 0 Å². The van der Waals surface area contributed by atoms with E-state index in [1.165, 1.54) is 36.8 Å². The molecule has 140 valence electrons. The number of hydrogen-bond acceptors (Lipinski definition) is 6. The summed E-state index contributed by atoms with van der Waals surface area (Å²) in [6.07, 6.45) is 2.74. The third-order valence-corrected chi connectivity index (χ3v) is 4.05. The third kappa shape index (κ3) is 3.08. The van der Waals surface area contributed by atoms with E-state index in [1.807, 2.05) is 0 Å². The van der Waals surface area contributed by atoms with Crippen molar-refractivity contribution < 1.29 is 18.3 Å². The smallest absolute Gasteiger partial charge is 0.176 e. The number of methoxy groups -OCH3 is 2. The fourth-order valence-corrected chi connectivity index (χ4v) is 2.83. The monoisotopic (exact) mass is 391 g/mol. The van der Waals surface area contributed by atoms with Crippen LogP contribution in [0.4, 0.5) is 14.6 Å². The third-order valence-electron chi connectivity index (χ3n) is 3.93. The van der Waals surface area contributed by atoms with Gasteiger partial charge in [-0.05, 0) is 6.07 Å². The Hall–Kier alpha value is -3.14. The number of nitrogens with zero attached hydrogens (tertiary/aromatic N) is 4. The molecule has 0 saturated heterocycles. The standard InChI is InChI=1S/C17H15F2N5O2S/c1-20-16-9(6-21-8-27)4-10(17-22-7-23-24(16)17)13-14(18)11(25-2)5-12(26-3)15(13)19/h4-8,20H,1-3H3. The molecule has 0 fully saturated rings. The summed E-state index contributed by atoms with van der Waals surface area (Å²) in [5.74, 6) is -1.55. The summed E-state index contributed by atoms with van der Waals surface area (Å²) in [5, 5.41) is 7.10. The Kier molecular flexibility index (Phi) is 5.26. The van der Waals surface area contributed by atoms with Gasteiger partial charge in [-0.15, -0.1) is 0 Å². The summed E-state index contributed by atoms with van der Waals surface area (Å²) in [7, 11) is 4.25. The fourth-order valence-electron chi connectivity index (χ4n) is 2.76. The lowest BCUT2D eigenvalue weighted by molar-refractivity contribution is 0.360. The van der Waals surface area contributed by atoms with Crippen LogP contribution in [0, 0.1) is 11.6 Å². The highest BCUT2D eigenvalue weighted by atomic mass is 32.1. The van der Waals surface area contributed by atoms with Crippen LogP contribution in [0.3, 0.4) is 0 Å². The lowest BCUT2D eigenvalue weighted by Gasteiger charge is -2.15. The predicted octanol–water partition coefficient (Wildman–Crippen LogP) is 3.11. The van der Waals surface area contributed by atoms with Crippen LogP contribution >= 0.6 is 12.2 Å². The van der Waals surface area contributed by atoms with Crippen LogP contribution < -0.4 is 14.8 Å². The van der Waals surface area contributed by atoms with Gasteiger partial charge in [0.05, 0.1) is 25.3 Å². The Balaban J connectivity index is 2.44.